The van der Waals surface area contributed by atoms with Crippen LogP contribution >= 0.6 is 0 Å². The molecule has 45 heavy (non-hydrogen) atoms. The van der Waals surface area contributed by atoms with Crippen LogP contribution in [0.15, 0.2) is 83.3 Å². The van der Waals surface area contributed by atoms with E-state index in [0.717, 1.165) is 41.3 Å². The molecule has 9 heteroatoms. The minimum Gasteiger partial charge on any atom is -0.456 e. The lowest BCUT2D eigenvalue weighted by Gasteiger charge is -2.28. The number of carbonyl (C=O) groups is 4. The molecule has 0 saturated carbocycles. The number of carbonyl (C=O) groups excluding carboxylic acids is 4. The second-order valence-corrected chi connectivity index (χ2v) is 11.9. The summed E-state index contributed by atoms with van der Waals surface area (Å²) in [5, 5.41) is 6.99. The predicted molar refractivity (Wildman–Crippen MR) is 172 cm³/mol. The maximum absolute atomic E-state index is 13.4. The number of fused-ring (bicyclic) bond motifs is 1. The average molecular weight is 607 g/mol. The molecule has 4 aromatic rings. The van der Waals surface area contributed by atoms with E-state index in [1.165, 1.54) is 6.92 Å². The number of hydrogen-bond donors (Lipinski definition) is 2. The molecular weight excluding hydrogens is 568 g/mol. The number of Topliss-reactive ketones (excluding diaryl/α,β-unsaturated/α-hetero) is 1. The van der Waals surface area contributed by atoms with Gasteiger partial charge in [-0.05, 0) is 86.3 Å². The van der Waals surface area contributed by atoms with Crippen LogP contribution in [0.3, 0.4) is 0 Å². The normalized spacial score (nSPS) is 18.7. The molecule has 2 N–H and O–H groups in total. The monoisotopic (exact) mass is 606 g/mol. The summed E-state index contributed by atoms with van der Waals surface area (Å²) in [6.45, 7) is 2.70. The Morgan fingerprint density at radius 1 is 0.867 bits per heavy atom. The molecule has 2 aliphatic rings. The van der Waals surface area contributed by atoms with Crippen LogP contribution in [-0.2, 0) is 25.6 Å². The van der Waals surface area contributed by atoms with Crippen molar-refractivity contribution in [2.45, 2.75) is 57.2 Å². The molecule has 3 atom stereocenters. The molecule has 2 saturated heterocycles. The Labute approximate surface area is 262 Å². The van der Waals surface area contributed by atoms with E-state index >= 15 is 0 Å². The maximum Gasteiger partial charge on any atom is 0.247 e. The van der Waals surface area contributed by atoms with E-state index in [4.69, 9.17) is 4.42 Å². The van der Waals surface area contributed by atoms with Crippen molar-refractivity contribution in [1.82, 2.24) is 15.1 Å². The van der Waals surface area contributed by atoms with Gasteiger partial charge in [-0.1, -0.05) is 36.4 Å². The van der Waals surface area contributed by atoms with Crippen LogP contribution in [-0.4, -0.2) is 65.5 Å². The van der Waals surface area contributed by atoms with E-state index in [1.807, 2.05) is 78.9 Å². The molecule has 3 amide bonds. The van der Waals surface area contributed by atoms with Crippen LogP contribution in [0.25, 0.3) is 22.3 Å². The fourth-order valence-corrected chi connectivity index (χ4v) is 6.63. The largest absolute Gasteiger partial charge is 0.456 e. The van der Waals surface area contributed by atoms with Gasteiger partial charge in [0.15, 0.2) is 5.78 Å². The molecule has 0 bridgehead atoms. The zero-order chi connectivity index (χ0) is 31.5. The molecular formula is C36H38N4O5. The number of furan rings is 1. The van der Waals surface area contributed by atoms with E-state index in [1.54, 1.807) is 16.8 Å². The van der Waals surface area contributed by atoms with Gasteiger partial charge < -0.3 is 24.9 Å². The lowest BCUT2D eigenvalue weighted by atomic mass is 10.0. The fourth-order valence-electron chi connectivity index (χ4n) is 6.63. The highest BCUT2D eigenvalue weighted by atomic mass is 16.3. The predicted octanol–water partition coefficient (Wildman–Crippen LogP) is 5.11. The van der Waals surface area contributed by atoms with Gasteiger partial charge in [0.2, 0.25) is 17.7 Å². The molecule has 0 radical (unpaired) electrons. The number of nitrogens with one attached hydrogen (secondary N) is 2. The molecule has 2 aliphatic heterocycles. The molecule has 2 fully saturated rings. The summed E-state index contributed by atoms with van der Waals surface area (Å²) < 4.78 is 6.10. The van der Waals surface area contributed by atoms with Crippen LogP contribution in [0.5, 0.6) is 0 Å². The van der Waals surface area contributed by atoms with Crippen LogP contribution in [0.4, 0.5) is 5.69 Å². The number of ketones is 1. The van der Waals surface area contributed by atoms with Crippen molar-refractivity contribution in [2.75, 3.05) is 25.5 Å². The number of likely N-dealkylation sites (N-methyl/N-ethyl adjacent to an activating group) is 1. The maximum atomic E-state index is 13.4. The molecule has 0 unspecified atom stereocenters. The SMILES string of the molecule is CN[C@@H](C(=O)N1CCC[C@H]1C(=O)Nc1ccc(-c2cc3cc(CC(=O)[C@@H]4CCCN4C(C)=O)ccc3o2)cc1)c1ccccc1. The lowest BCUT2D eigenvalue weighted by molar-refractivity contribution is -0.138. The third-order valence-corrected chi connectivity index (χ3v) is 8.93. The standard InChI is InChI=1S/C36H38N4O5/c1-23(41)39-18-6-10-29(39)31(42)21-24-12-17-32-27(20-24)22-33(45-32)25-13-15-28(16-14-25)38-35(43)30-11-7-19-40(30)36(44)34(37-2)26-8-4-3-5-9-26/h3-5,8-9,12-17,20,22,29-30,34,37H,6-7,10-11,18-19,21H2,1-2H3,(H,38,43)/t29-,30-,34+/m0/s1. The average Bonchev–Trinajstić information content (AvgIpc) is 3.82. The van der Waals surface area contributed by atoms with E-state index in [0.29, 0.717) is 36.5 Å². The highest BCUT2D eigenvalue weighted by molar-refractivity contribution is 5.98. The van der Waals surface area contributed by atoms with Gasteiger partial charge in [0.05, 0.1) is 6.04 Å². The van der Waals surface area contributed by atoms with Crippen molar-refractivity contribution < 1.29 is 23.6 Å². The minimum atomic E-state index is -0.535. The lowest BCUT2D eigenvalue weighted by Crippen LogP contribution is -2.47. The van der Waals surface area contributed by atoms with Gasteiger partial charge in [-0.2, -0.15) is 0 Å². The summed E-state index contributed by atoms with van der Waals surface area (Å²) in [6.07, 6.45) is 3.23. The van der Waals surface area contributed by atoms with Crippen LogP contribution in [0.1, 0.15) is 49.8 Å². The van der Waals surface area contributed by atoms with E-state index in [9.17, 15) is 19.2 Å². The number of anilines is 1. The van der Waals surface area contributed by atoms with Crippen molar-refractivity contribution in [3.8, 4) is 11.3 Å². The Morgan fingerprint density at radius 2 is 1.58 bits per heavy atom. The number of nitrogens with zero attached hydrogens (tertiary/aromatic N) is 2. The third-order valence-electron chi connectivity index (χ3n) is 8.93. The van der Waals surface area contributed by atoms with Crippen molar-refractivity contribution in [3.05, 3.63) is 90.0 Å². The zero-order valence-corrected chi connectivity index (χ0v) is 25.6. The second kappa shape index (κ2) is 13.1. The molecule has 0 aliphatic carbocycles. The van der Waals surface area contributed by atoms with Gasteiger partial charge in [0, 0.05) is 43.1 Å². The smallest absolute Gasteiger partial charge is 0.247 e. The topological polar surface area (TPSA) is 112 Å². The Balaban J connectivity index is 1.10. The number of rotatable bonds is 9. The summed E-state index contributed by atoms with van der Waals surface area (Å²) in [6, 6.07) is 23.3. The summed E-state index contributed by atoms with van der Waals surface area (Å²) in [4.78, 5) is 55.0. The second-order valence-electron chi connectivity index (χ2n) is 11.9. The van der Waals surface area contributed by atoms with Crippen molar-refractivity contribution in [2.24, 2.45) is 0 Å². The summed E-state index contributed by atoms with van der Waals surface area (Å²) in [7, 11) is 1.76. The first-order valence-corrected chi connectivity index (χ1v) is 15.6. The minimum absolute atomic E-state index is 0.0523. The summed E-state index contributed by atoms with van der Waals surface area (Å²) in [5.41, 5.74) is 3.96. The highest BCUT2D eigenvalue weighted by Gasteiger charge is 2.37. The Bertz CT molecular complexity index is 1710. The van der Waals surface area contributed by atoms with E-state index in [-0.39, 0.29) is 36.0 Å². The molecule has 0 spiro atoms. The third kappa shape index (κ3) is 6.40. The van der Waals surface area contributed by atoms with Crippen molar-refractivity contribution in [3.63, 3.8) is 0 Å². The number of benzene rings is 3. The molecule has 9 nitrogen and oxygen atoms in total. The van der Waals surface area contributed by atoms with E-state index < -0.39 is 12.1 Å². The Kier molecular flexibility index (Phi) is 8.80. The number of amides is 3. The molecule has 232 valence electrons. The van der Waals surface area contributed by atoms with Crippen LogP contribution in [0, 0.1) is 0 Å². The Hall–Kier alpha value is -4.76. The Morgan fingerprint density at radius 3 is 2.29 bits per heavy atom. The molecule has 3 aromatic carbocycles. The first-order chi connectivity index (χ1) is 21.8. The molecule has 6 rings (SSSR count). The summed E-state index contributed by atoms with van der Waals surface area (Å²) in [5.74, 6) is 0.378. The molecule has 1 aromatic heterocycles. The van der Waals surface area contributed by atoms with Gasteiger partial charge in [-0.25, -0.2) is 0 Å². The first kappa shape index (κ1) is 30.3. The van der Waals surface area contributed by atoms with Crippen molar-refractivity contribution >= 4 is 40.2 Å². The molecule has 3 heterocycles. The van der Waals surface area contributed by atoms with E-state index in [2.05, 4.69) is 10.6 Å². The zero-order valence-electron chi connectivity index (χ0n) is 25.6. The first-order valence-electron chi connectivity index (χ1n) is 15.6. The van der Waals surface area contributed by atoms with Gasteiger partial charge in [-0.15, -0.1) is 0 Å². The van der Waals surface area contributed by atoms with Gasteiger partial charge in [0.1, 0.15) is 23.4 Å². The highest BCUT2D eigenvalue weighted by Crippen LogP contribution is 2.31. The number of likely N-dealkylation sites (tertiary alicyclic amines) is 2. The van der Waals surface area contributed by atoms with Crippen LogP contribution in [0.2, 0.25) is 0 Å². The number of hydrogen-bond acceptors (Lipinski definition) is 6. The fraction of sp³-hybridized carbons (Fsp3) is 0.333. The van der Waals surface area contributed by atoms with Gasteiger partial charge in [0.25, 0.3) is 0 Å². The van der Waals surface area contributed by atoms with Gasteiger partial charge in [-0.3, -0.25) is 19.2 Å². The van der Waals surface area contributed by atoms with Crippen molar-refractivity contribution in [1.29, 1.82) is 0 Å². The quantitative estimate of drug-likeness (QED) is 0.274. The summed E-state index contributed by atoms with van der Waals surface area (Å²) >= 11 is 0. The van der Waals surface area contributed by atoms with Gasteiger partial charge >= 0.3 is 0 Å². The van der Waals surface area contributed by atoms with Crippen LogP contribution < -0.4 is 10.6 Å².